The van der Waals surface area contributed by atoms with E-state index in [1.54, 1.807) is 0 Å². The fraction of sp³-hybridized carbons (Fsp3) is 0.857. The summed E-state index contributed by atoms with van der Waals surface area (Å²) >= 11 is 0. The molecule has 0 aromatic carbocycles. The van der Waals surface area contributed by atoms with Gasteiger partial charge in [0.15, 0.2) is 0 Å². The van der Waals surface area contributed by atoms with Gasteiger partial charge in [0.25, 0.3) is 0 Å². The van der Waals surface area contributed by atoms with E-state index in [2.05, 4.69) is 24.2 Å². The first kappa shape index (κ1) is 18.9. The lowest BCUT2D eigenvalue weighted by molar-refractivity contribution is -0.131. The van der Waals surface area contributed by atoms with E-state index in [9.17, 15) is 10.0 Å². The van der Waals surface area contributed by atoms with Gasteiger partial charge in [-0.05, 0) is 68.1 Å². The molecule has 27 heavy (non-hydrogen) atoms. The number of hydrogen-bond donors (Lipinski definition) is 2. The lowest BCUT2D eigenvalue weighted by Crippen LogP contribution is -2.57. The Morgan fingerprint density at radius 3 is 2.74 bits per heavy atom. The first-order valence-corrected chi connectivity index (χ1v) is 10.6. The first-order chi connectivity index (χ1) is 12.9. The third-order valence-electron chi connectivity index (χ3n) is 8.56. The van der Waals surface area contributed by atoms with E-state index in [4.69, 9.17) is 10.6 Å². The molecule has 4 fully saturated rings. The zero-order valence-electron chi connectivity index (χ0n) is 16.6. The molecule has 0 saturated heterocycles. The lowest BCUT2D eigenvalue weighted by Gasteiger charge is -2.59. The summed E-state index contributed by atoms with van der Waals surface area (Å²) in [5.74, 6) is 1.95. The molecule has 1 unspecified atom stereocenters. The maximum Gasteiger partial charge on any atom is 0.139 e. The number of carbonyl (C=O) groups is 1. The van der Waals surface area contributed by atoms with Crippen molar-refractivity contribution in [2.45, 2.75) is 65.2 Å². The Morgan fingerprint density at radius 1 is 1.19 bits per heavy atom. The van der Waals surface area contributed by atoms with Gasteiger partial charge in [0, 0.05) is 24.3 Å². The highest BCUT2D eigenvalue weighted by Gasteiger charge is 2.62. The molecule has 6 atom stereocenters. The summed E-state index contributed by atoms with van der Waals surface area (Å²) < 4.78 is 0. The Balaban J connectivity index is 1.61. The average molecular weight is 376 g/mol. The summed E-state index contributed by atoms with van der Waals surface area (Å²) in [4.78, 5) is 17.9. The van der Waals surface area contributed by atoms with Gasteiger partial charge < -0.3 is 15.8 Å². The van der Waals surface area contributed by atoms with Crippen molar-refractivity contribution >= 4 is 17.2 Å². The van der Waals surface area contributed by atoms with Crippen LogP contribution < -0.4 is 5.73 Å². The number of nitrogens with two attached hydrogens (primary N) is 1. The maximum absolute atomic E-state index is 12.6. The lowest BCUT2D eigenvalue weighted by atomic mass is 9.45. The molecule has 0 spiro atoms. The Kier molecular flexibility index (Phi) is 4.81. The minimum atomic E-state index is -0.211. The van der Waals surface area contributed by atoms with Crippen LogP contribution in [0.25, 0.3) is 0 Å². The smallest absolute Gasteiger partial charge is 0.139 e. The minimum absolute atomic E-state index is 0.211. The van der Waals surface area contributed by atoms with Gasteiger partial charge in [0.2, 0.25) is 0 Å². The van der Waals surface area contributed by atoms with Crippen molar-refractivity contribution < 1.29 is 14.8 Å². The van der Waals surface area contributed by atoms with Crippen LogP contribution >= 0.6 is 0 Å². The Morgan fingerprint density at radius 2 is 2.00 bits per heavy atom. The zero-order valence-corrected chi connectivity index (χ0v) is 16.6. The molecule has 6 nitrogen and oxygen atoms in total. The van der Waals surface area contributed by atoms with Crippen LogP contribution in [-0.4, -0.2) is 35.6 Å². The van der Waals surface area contributed by atoms with Crippen molar-refractivity contribution in [1.82, 2.24) is 0 Å². The monoisotopic (exact) mass is 375 g/mol. The number of ketones is 1. The van der Waals surface area contributed by atoms with Crippen LogP contribution in [0.5, 0.6) is 0 Å². The van der Waals surface area contributed by atoms with Crippen LogP contribution in [0, 0.1) is 34.5 Å². The molecule has 0 heterocycles. The van der Waals surface area contributed by atoms with Crippen molar-refractivity contribution in [3.05, 3.63) is 0 Å². The predicted molar refractivity (Wildman–Crippen MR) is 104 cm³/mol. The molecule has 4 aliphatic carbocycles. The number of nitrogens with zero attached hydrogens (tertiary/aromatic N) is 2. The molecule has 0 aromatic rings. The van der Waals surface area contributed by atoms with Crippen molar-refractivity contribution in [3.8, 4) is 0 Å². The molecule has 4 saturated carbocycles. The third-order valence-corrected chi connectivity index (χ3v) is 8.56. The topological polar surface area (TPSA) is 97.3 Å². The van der Waals surface area contributed by atoms with Gasteiger partial charge in [0.05, 0.1) is 11.4 Å². The molecule has 3 N–H and O–H groups in total. The Bertz CT molecular complexity index is 676. The number of carbonyl (C=O) groups excluding carboxylic acids is 1. The van der Waals surface area contributed by atoms with E-state index >= 15 is 0 Å². The minimum Gasteiger partial charge on any atom is -0.411 e. The number of oxime groups is 2. The predicted octanol–water partition coefficient (Wildman–Crippen LogP) is 3.37. The van der Waals surface area contributed by atoms with Crippen molar-refractivity contribution in [2.75, 3.05) is 13.2 Å². The van der Waals surface area contributed by atoms with Gasteiger partial charge in [-0.15, -0.1) is 0 Å². The molecule has 0 radical (unpaired) electrons. The summed E-state index contributed by atoms with van der Waals surface area (Å²) in [5, 5.41) is 17.9. The van der Waals surface area contributed by atoms with E-state index in [1.807, 2.05) is 0 Å². The van der Waals surface area contributed by atoms with Crippen LogP contribution in [0.15, 0.2) is 10.3 Å². The highest BCUT2D eigenvalue weighted by Crippen LogP contribution is 2.64. The standard InChI is InChI=1S/C21H33N3O3/c1-20-7-5-14(24-27-10-9-22)11-13(20)12-17(23-26)19-15-3-4-18(25)21(15,2)8-6-16(19)20/h13,15-16,19,26H,3-12,22H2,1-2H3/b23-17+,24-14-/t13?,15-,16-,19-,20-,21-/m0/s1. The largest absolute Gasteiger partial charge is 0.411 e. The summed E-state index contributed by atoms with van der Waals surface area (Å²) in [5.41, 5.74) is 7.53. The Hall–Kier alpha value is -1.43. The molecular formula is C21H33N3O3. The molecule has 4 rings (SSSR count). The van der Waals surface area contributed by atoms with Crippen molar-refractivity contribution in [1.29, 1.82) is 0 Å². The second-order valence-corrected chi connectivity index (χ2v) is 9.64. The van der Waals surface area contributed by atoms with Crippen LogP contribution in [-0.2, 0) is 9.63 Å². The van der Waals surface area contributed by atoms with Crippen LogP contribution in [0.1, 0.15) is 65.2 Å². The van der Waals surface area contributed by atoms with Crippen LogP contribution in [0.3, 0.4) is 0 Å². The third kappa shape index (κ3) is 2.82. The van der Waals surface area contributed by atoms with Crippen LogP contribution in [0.2, 0.25) is 0 Å². The van der Waals surface area contributed by atoms with Gasteiger partial charge >= 0.3 is 0 Å². The molecular weight excluding hydrogens is 342 g/mol. The first-order valence-electron chi connectivity index (χ1n) is 10.6. The number of hydrogen-bond acceptors (Lipinski definition) is 6. The fourth-order valence-electron chi connectivity index (χ4n) is 6.92. The van der Waals surface area contributed by atoms with Crippen molar-refractivity contribution in [2.24, 2.45) is 50.5 Å². The quantitative estimate of drug-likeness (QED) is 0.449. The van der Waals surface area contributed by atoms with Gasteiger partial charge in [-0.3, -0.25) is 4.79 Å². The van der Waals surface area contributed by atoms with E-state index < -0.39 is 0 Å². The molecule has 6 heteroatoms. The molecule has 0 amide bonds. The highest BCUT2D eigenvalue weighted by molar-refractivity contribution is 5.94. The maximum atomic E-state index is 12.6. The van der Waals surface area contributed by atoms with E-state index in [0.717, 1.165) is 56.4 Å². The molecule has 0 aliphatic heterocycles. The second kappa shape index (κ2) is 6.87. The van der Waals surface area contributed by atoms with Gasteiger partial charge in [-0.25, -0.2) is 0 Å². The zero-order chi connectivity index (χ0) is 19.2. The second-order valence-electron chi connectivity index (χ2n) is 9.64. The molecule has 150 valence electrons. The van der Waals surface area contributed by atoms with Gasteiger partial charge in [0.1, 0.15) is 12.4 Å². The van der Waals surface area contributed by atoms with Gasteiger partial charge in [-0.1, -0.05) is 24.2 Å². The normalized spacial score (nSPS) is 46.9. The Labute approximate surface area is 161 Å². The van der Waals surface area contributed by atoms with E-state index in [-0.39, 0.29) is 16.7 Å². The molecule has 0 aromatic heterocycles. The highest BCUT2D eigenvalue weighted by atomic mass is 16.6. The van der Waals surface area contributed by atoms with Gasteiger partial charge in [-0.2, -0.15) is 0 Å². The fourth-order valence-corrected chi connectivity index (χ4v) is 6.92. The number of fused-ring (bicyclic) bond motifs is 5. The van der Waals surface area contributed by atoms with Crippen LogP contribution in [0.4, 0.5) is 0 Å². The summed E-state index contributed by atoms with van der Waals surface area (Å²) in [6.45, 7) is 5.52. The SMILES string of the molecule is C[C@]12CC/C(=N/OCCN)CC1C/C(=N\O)[C@@H]1[C@@H]2CC[C@]2(C)C(=O)CC[C@@H]12. The van der Waals surface area contributed by atoms with E-state index in [1.165, 1.54) is 0 Å². The summed E-state index contributed by atoms with van der Waals surface area (Å²) in [7, 11) is 0. The number of Topliss-reactive ketones (excluding diaryl/α,β-unsaturated/α-hetero) is 1. The molecule has 0 bridgehead atoms. The summed E-state index contributed by atoms with van der Waals surface area (Å²) in [6, 6.07) is 0. The average Bonchev–Trinajstić information content (AvgIpc) is 2.96. The molecule has 4 aliphatic rings. The number of rotatable bonds is 3. The van der Waals surface area contributed by atoms with Crippen molar-refractivity contribution in [3.63, 3.8) is 0 Å². The van der Waals surface area contributed by atoms with E-state index in [0.29, 0.717) is 43.1 Å². The summed E-state index contributed by atoms with van der Waals surface area (Å²) in [6.07, 6.45) is 7.47.